The maximum Gasteiger partial charge on any atom is 0.201 e. The van der Waals surface area contributed by atoms with E-state index in [0.29, 0.717) is 5.95 Å². The van der Waals surface area contributed by atoms with Gasteiger partial charge in [0.05, 0.1) is 11.0 Å². The molecule has 0 aliphatic heterocycles. The molecule has 4 nitrogen and oxygen atoms in total. The number of nitrogens with two attached hydrogens (primary N) is 1. The third kappa shape index (κ3) is 1.49. The van der Waals surface area contributed by atoms with E-state index in [1.54, 1.807) is 0 Å². The first kappa shape index (κ1) is 11.1. The van der Waals surface area contributed by atoms with E-state index in [2.05, 4.69) is 29.5 Å². The minimum atomic E-state index is 0.582. The van der Waals surface area contributed by atoms with Gasteiger partial charge in [-0.25, -0.2) is 4.98 Å². The first-order valence-electron chi connectivity index (χ1n) is 6.41. The Morgan fingerprint density at radius 1 is 1.33 bits per heavy atom. The Morgan fingerprint density at radius 2 is 2.17 bits per heavy atom. The Labute approximate surface area is 105 Å². The maximum absolute atomic E-state index is 5.99. The zero-order valence-electron chi connectivity index (χ0n) is 10.7. The van der Waals surface area contributed by atoms with E-state index in [-0.39, 0.29) is 0 Å². The molecule has 0 spiro atoms. The Kier molecular flexibility index (Phi) is 2.51. The van der Waals surface area contributed by atoms with Gasteiger partial charge in [0.1, 0.15) is 11.3 Å². The number of aryl methyl sites for hydroxylation is 2. The molecule has 2 aromatic heterocycles. The molecule has 0 aliphatic carbocycles. The van der Waals surface area contributed by atoms with Crippen LogP contribution < -0.4 is 5.73 Å². The molecule has 0 saturated carbocycles. The van der Waals surface area contributed by atoms with Gasteiger partial charge in [-0.2, -0.15) is 0 Å². The smallest absolute Gasteiger partial charge is 0.201 e. The summed E-state index contributed by atoms with van der Waals surface area (Å²) >= 11 is 0. The summed E-state index contributed by atoms with van der Waals surface area (Å²) < 4.78 is 7.86. The fourth-order valence-corrected chi connectivity index (χ4v) is 2.43. The van der Waals surface area contributed by atoms with Gasteiger partial charge in [0, 0.05) is 18.4 Å². The normalized spacial score (nSPS) is 11.7. The molecule has 0 radical (unpaired) electrons. The first-order chi connectivity index (χ1) is 8.74. The molecule has 3 aromatic rings. The lowest BCUT2D eigenvalue weighted by Gasteiger charge is -2.04. The summed E-state index contributed by atoms with van der Waals surface area (Å²) in [5, 5.41) is 1.11. The average molecular weight is 243 g/mol. The summed E-state index contributed by atoms with van der Waals surface area (Å²) in [4.78, 5) is 4.42. The van der Waals surface area contributed by atoms with Crippen molar-refractivity contribution in [2.45, 2.75) is 33.2 Å². The standard InChI is InChI=1S/C14H17N3O/c1-3-7-17-13-10-8-9(4-2)18-12(10)6-5-11(13)16-14(17)15/h5-6,8H,3-4,7H2,1-2H3,(H2,15,16). The zero-order chi connectivity index (χ0) is 12.7. The van der Waals surface area contributed by atoms with Crippen molar-refractivity contribution in [1.29, 1.82) is 0 Å². The molecule has 94 valence electrons. The fourth-order valence-electron chi connectivity index (χ4n) is 2.43. The average Bonchev–Trinajstić information content (AvgIpc) is 2.91. The molecule has 0 bridgehead atoms. The van der Waals surface area contributed by atoms with Crippen LogP contribution in [-0.4, -0.2) is 9.55 Å². The molecule has 3 rings (SSSR count). The van der Waals surface area contributed by atoms with Gasteiger partial charge < -0.3 is 14.7 Å². The van der Waals surface area contributed by atoms with Gasteiger partial charge >= 0.3 is 0 Å². The van der Waals surface area contributed by atoms with E-state index >= 15 is 0 Å². The van der Waals surface area contributed by atoms with Gasteiger partial charge in [0.2, 0.25) is 5.95 Å². The highest BCUT2D eigenvalue weighted by atomic mass is 16.3. The molecule has 0 unspecified atom stereocenters. The molecule has 1 aromatic carbocycles. The van der Waals surface area contributed by atoms with E-state index in [9.17, 15) is 0 Å². The van der Waals surface area contributed by atoms with E-state index in [0.717, 1.165) is 47.1 Å². The molecule has 0 atom stereocenters. The van der Waals surface area contributed by atoms with Crippen molar-refractivity contribution >= 4 is 28.0 Å². The number of hydrogen-bond acceptors (Lipinski definition) is 3. The molecule has 4 heteroatoms. The predicted octanol–water partition coefficient (Wildman–Crippen LogP) is 3.34. The topological polar surface area (TPSA) is 57.0 Å². The van der Waals surface area contributed by atoms with Gasteiger partial charge in [-0.15, -0.1) is 0 Å². The summed E-state index contributed by atoms with van der Waals surface area (Å²) in [6.45, 7) is 5.11. The summed E-state index contributed by atoms with van der Waals surface area (Å²) in [6, 6.07) is 6.05. The zero-order valence-corrected chi connectivity index (χ0v) is 10.7. The third-order valence-electron chi connectivity index (χ3n) is 3.28. The number of anilines is 1. The Bertz CT molecular complexity index is 709. The van der Waals surface area contributed by atoms with Crippen molar-refractivity contribution in [2.75, 3.05) is 5.73 Å². The van der Waals surface area contributed by atoms with Crippen LogP contribution in [0.4, 0.5) is 5.95 Å². The maximum atomic E-state index is 5.99. The number of fused-ring (bicyclic) bond motifs is 3. The third-order valence-corrected chi connectivity index (χ3v) is 3.28. The van der Waals surface area contributed by atoms with Gasteiger partial charge in [0.15, 0.2) is 0 Å². The summed E-state index contributed by atoms with van der Waals surface area (Å²) in [5.41, 5.74) is 8.94. The second-order valence-electron chi connectivity index (χ2n) is 4.53. The SMILES string of the molecule is CCCn1c(N)nc2ccc3oc(CC)cc3c21. The highest BCUT2D eigenvalue weighted by molar-refractivity contribution is 6.03. The summed E-state index contributed by atoms with van der Waals surface area (Å²) in [6.07, 6.45) is 1.93. The van der Waals surface area contributed by atoms with Gasteiger partial charge in [-0.1, -0.05) is 13.8 Å². The number of furan rings is 1. The van der Waals surface area contributed by atoms with Gasteiger partial charge in [-0.05, 0) is 24.6 Å². The van der Waals surface area contributed by atoms with Crippen LogP contribution in [-0.2, 0) is 13.0 Å². The van der Waals surface area contributed by atoms with Gasteiger partial charge in [-0.3, -0.25) is 0 Å². The van der Waals surface area contributed by atoms with Crippen LogP contribution in [0.25, 0.3) is 22.0 Å². The van der Waals surface area contributed by atoms with Crippen LogP contribution in [0.1, 0.15) is 26.0 Å². The number of nitrogens with zero attached hydrogens (tertiary/aromatic N) is 2. The molecule has 0 fully saturated rings. The van der Waals surface area contributed by atoms with Crippen molar-refractivity contribution < 1.29 is 4.42 Å². The Morgan fingerprint density at radius 3 is 2.89 bits per heavy atom. The lowest BCUT2D eigenvalue weighted by atomic mass is 10.2. The monoisotopic (exact) mass is 243 g/mol. The molecular formula is C14H17N3O. The molecular weight excluding hydrogens is 226 g/mol. The molecule has 0 saturated heterocycles. The predicted molar refractivity (Wildman–Crippen MR) is 73.6 cm³/mol. The Hall–Kier alpha value is -1.97. The number of benzene rings is 1. The number of nitrogen functional groups attached to an aromatic ring is 1. The van der Waals surface area contributed by atoms with Crippen molar-refractivity contribution in [1.82, 2.24) is 9.55 Å². The quantitative estimate of drug-likeness (QED) is 0.767. The van der Waals surface area contributed by atoms with Crippen molar-refractivity contribution in [3.8, 4) is 0 Å². The lowest BCUT2D eigenvalue weighted by molar-refractivity contribution is 0.557. The van der Waals surface area contributed by atoms with E-state index in [1.807, 2.05) is 12.1 Å². The van der Waals surface area contributed by atoms with E-state index < -0.39 is 0 Å². The number of rotatable bonds is 3. The summed E-state index contributed by atoms with van der Waals surface area (Å²) in [7, 11) is 0. The fraction of sp³-hybridized carbons (Fsp3) is 0.357. The summed E-state index contributed by atoms with van der Waals surface area (Å²) in [5.74, 6) is 1.58. The second-order valence-corrected chi connectivity index (χ2v) is 4.53. The first-order valence-corrected chi connectivity index (χ1v) is 6.41. The molecule has 2 heterocycles. The van der Waals surface area contributed by atoms with Crippen LogP contribution in [0.2, 0.25) is 0 Å². The minimum absolute atomic E-state index is 0.582. The second kappa shape index (κ2) is 4.05. The van der Waals surface area contributed by atoms with Crippen molar-refractivity contribution in [3.05, 3.63) is 24.0 Å². The highest BCUT2D eigenvalue weighted by Crippen LogP contribution is 2.30. The Balaban J connectivity index is 2.39. The highest BCUT2D eigenvalue weighted by Gasteiger charge is 2.13. The minimum Gasteiger partial charge on any atom is -0.461 e. The van der Waals surface area contributed by atoms with Crippen molar-refractivity contribution in [3.63, 3.8) is 0 Å². The number of hydrogen-bond donors (Lipinski definition) is 1. The lowest BCUT2D eigenvalue weighted by Crippen LogP contribution is -2.02. The van der Waals surface area contributed by atoms with Crippen LogP contribution in [0.3, 0.4) is 0 Å². The van der Waals surface area contributed by atoms with Crippen LogP contribution >= 0.6 is 0 Å². The largest absolute Gasteiger partial charge is 0.461 e. The molecule has 0 aliphatic rings. The number of aromatic nitrogens is 2. The van der Waals surface area contributed by atoms with Crippen LogP contribution in [0.5, 0.6) is 0 Å². The molecule has 0 amide bonds. The van der Waals surface area contributed by atoms with E-state index in [4.69, 9.17) is 10.2 Å². The number of imidazole rings is 1. The van der Waals surface area contributed by atoms with E-state index in [1.165, 1.54) is 0 Å². The molecule has 18 heavy (non-hydrogen) atoms. The van der Waals surface area contributed by atoms with Gasteiger partial charge in [0.25, 0.3) is 0 Å². The van der Waals surface area contributed by atoms with Crippen LogP contribution in [0, 0.1) is 0 Å². The van der Waals surface area contributed by atoms with Crippen molar-refractivity contribution in [2.24, 2.45) is 0 Å². The molecule has 2 N–H and O–H groups in total. The van der Waals surface area contributed by atoms with Crippen LogP contribution in [0.15, 0.2) is 22.6 Å².